The van der Waals surface area contributed by atoms with Crippen LogP contribution in [0.15, 0.2) is 47.8 Å². The molecule has 1 heterocycles. The van der Waals surface area contributed by atoms with Gasteiger partial charge in [-0.15, -0.1) is 11.3 Å². The molecule has 0 saturated heterocycles. The number of rotatable bonds is 1. The summed E-state index contributed by atoms with van der Waals surface area (Å²) >= 11 is 1.36. The third-order valence-electron chi connectivity index (χ3n) is 1.56. The molecule has 0 aliphatic heterocycles. The molecule has 0 aliphatic rings. The Labute approximate surface area is 92.3 Å². The van der Waals surface area contributed by atoms with E-state index in [2.05, 4.69) is 0 Å². The fourth-order valence-corrected chi connectivity index (χ4v) is 1.45. The van der Waals surface area contributed by atoms with E-state index in [9.17, 15) is 4.79 Å². The Hall–Kier alpha value is -1.81. The maximum atomic E-state index is 10.3. The van der Waals surface area contributed by atoms with Gasteiger partial charge in [0.15, 0.2) is 0 Å². The molecular formula is C11H12N2OS. The zero-order valence-corrected chi connectivity index (χ0v) is 8.91. The Morgan fingerprint density at radius 3 is 2.00 bits per heavy atom. The number of primary amides is 1. The van der Waals surface area contributed by atoms with Gasteiger partial charge in [0.25, 0.3) is 5.91 Å². The molecule has 0 saturated carbocycles. The monoisotopic (exact) mass is 220 g/mol. The predicted molar refractivity (Wildman–Crippen MR) is 63.7 cm³/mol. The highest BCUT2D eigenvalue weighted by molar-refractivity contribution is 7.12. The number of para-hydroxylation sites is 1. The van der Waals surface area contributed by atoms with Gasteiger partial charge in [-0.3, -0.25) is 4.79 Å². The normalized spacial score (nSPS) is 8.80. The van der Waals surface area contributed by atoms with Gasteiger partial charge in [-0.2, -0.15) is 0 Å². The summed E-state index contributed by atoms with van der Waals surface area (Å²) in [6.07, 6.45) is 0. The first-order chi connectivity index (χ1) is 7.20. The zero-order valence-electron chi connectivity index (χ0n) is 8.09. The Kier molecular flexibility index (Phi) is 4.37. The van der Waals surface area contributed by atoms with Crippen LogP contribution in [0, 0.1) is 0 Å². The van der Waals surface area contributed by atoms with E-state index in [4.69, 9.17) is 11.5 Å². The summed E-state index contributed by atoms with van der Waals surface area (Å²) in [5, 5.41) is 1.82. The molecule has 0 aliphatic carbocycles. The van der Waals surface area contributed by atoms with Crippen molar-refractivity contribution in [3.05, 3.63) is 52.7 Å². The van der Waals surface area contributed by atoms with Crippen molar-refractivity contribution in [3.8, 4) is 0 Å². The average molecular weight is 220 g/mol. The lowest BCUT2D eigenvalue weighted by Crippen LogP contribution is -2.07. The van der Waals surface area contributed by atoms with Crippen molar-refractivity contribution >= 4 is 22.9 Å². The Bertz CT molecular complexity index is 398. The first-order valence-electron chi connectivity index (χ1n) is 4.34. The number of hydrogen-bond donors (Lipinski definition) is 2. The van der Waals surface area contributed by atoms with Gasteiger partial charge in [-0.25, -0.2) is 0 Å². The standard InChI is InChI=1S/C6H7N.C5H5NOS/c7-6-4-2-1-3-5-6;6-5(7)4-2-1-3-8-4/h1-5H,7H2;1-3H,(H2,6,7). The Morgan fingerprint density at radius 1 is 1.07 bits per heavy atom. The summed E-state index contributed by atoms with van der Waals surface area (Å²) in [6.45, 7) is 0. The fourth-order valence-electron chi connectivity index (χ4n) is 0.872. The summed E-state index contributed by atoms with van der Waals surface area (Å²) in [5.74, 6) is -0.347. The van der Waals surface area contributed by atoms with Gasteiger partial charge in [0.1, 0.15) is 0 Å². The van der Waals surface area contributed by atoms with Gasteiger partial charge in [0.05, 0.1) is 4.88 Å². The molecule has 4 heteroatoms. The third kappa shape index (κ3) is 4.28. The second kappa shape index (κ2) is 5.82. The minimum Gasteiger partial charge on any atom is -0.399 e. The Balaban J connectivity index is 0.000000151. The summed E-state index contributed by atoms with van der Waals surface area (Å²) in [7, 11) is 0. The van der Waals surface area contributed by atoms with Crippen LogP contribution >= 0.6 is 11.3 Å². The van der Waals surface area contributed by atoms with Crippen molar-refractivity contribution in [1.82, 2.24) is 0 Å². The summed E-state index contributed by atoms with van der Waals surface area (Å²) in [6, 6.07) is 13.0. The molecule has 15 heavy (non-hydrogen) atoms. The largest absolute Gasteiger partial charge is 0.399 e. The topological polar surface area (TPSA) is 69.1 Å². The molecule has 0 fully saturated rings. The predicted octanol–water partition coefficient (Wildman–Crippen LogP) is 2.12. The third-order valence-corrected chi connectivity index (χ3v) is 2.45. The SMILES string of the molecule is NC(=O)c1cccs1.Nc1ccccc1. The van der Waals surface area contributed by atoms with Gasteiger partial charge in [-0.1, -0.05) is 24.3 Å². The molecular weight excluding hydrogens is 208 g/mol. The highest BCUT2D eigenvalue weighted by Crippen LogP contribution is 2.05. The number of nitrogens with two attached hydrogens (primary N) is 2. The molecule has 0 unspecified atom stereocenters. The smallest absolute Gasteiger partial charge is 0.258 e. The van der Waals surface area contributed by atoms with E-state index >= 15 is 0 Å². The number of thiophene rings is 1. The highest BCUT2D eigenvalue weighted by atomic mass is 32.1. The molecule has 2 aromatic rings. The molecule has 4 N–H and O–H groups in total. The number of carbonyl (C=O) groups excluding carboxylic acids is 1. The van der Waals surface area contributed by atoms with Crippen molar-refractivity contribution in [3.63, 3.8) is 0 Å². The lowest BCUT2D eigenvalue weighted by Gasteiger charge is -1.83. The maximum Gasteiger partial charge on any atom is 0.258 e. The van der Waals surface area contributed by atoms with E-state index in [1.165, 1.54) is 11.3 Å². The van der Waals surface area contributed by atoms with Gasteiger partial charge >= 0.3 is 0 Å². The van der Waals surface area contributed by atoms with Gasteiger partial charge < -0.3 is 11.5 Å². The van der Waals surface area contributed by atoms with Crippen molar-refractivity contribution in [2.45, 2.75) is 0 Å². The quantitative estimate of drug-likeness (QED) is 0.723. The second-order valence-electron chi connectivity index (χ2n) is 2.75. The first-order valence-corrected chi connectivity index (χ1v) is 5.22. The molecule has 0 spiro atoms. The second-order valence-corrected chi connectivity index (χ2v) is 3.70. The molecule has 1 amide bonds. The molecule has 0 bridgehead atoms. The number of anilines is 1. The molecule has 0 radical (unpaired) electrons. The van der Waals surface area contributed by atoms with E-state index < -0.39 is 0 Å². The van der Waals surface area contributed by atoms with Crippen molar-refractivity contribution in [2.75, 3.05) is 5.73 Å². The van der Waals surface area contributed by atoms with E-state index in [1.807, 2.05) is 35.7 Å². The minimum absolute atomic E-state index is 0.347. The molecule has 1 aromatic heterocycles. The van der Waals surface area contributed by atoms with E-state index in [1.54, 1.807) is 12.1 Å². The van der Waals surface area contributed by atoms with Crippen LogP contribution in [-0.2, 0) is 0 Å². The van der Waals surface area contributed by atoms with Crippen LogP contribution in [-0.4, -0.2) is 5.91 Å². The fraction of sp³-hybridized carbons (Fsp3) is 0. The highest BCUT2D eigenvalue weighted by Gasteiger charge is 1.96. The lowest BCUT2D eigenvalue weighted by atomic mass is 10.3. The van der Waals surface area contributed by atoms with Crippen LogP contribution in [0.4, 0.5) is 5.69 Å². The zero-order chi connectivity index (χ0) is 11.1. The number of nitrogen functional groups attached to an aromatic ring is 1. The van der Waals surface area contributed by atoms with E-state index in [0.717, 1.165) is 5.69 Å². The Morgan fingerprint density at radius 2 is 1.73 bits per heavy atom. The average Bonchev–Trinajstić information content (AvgIpc) is 2.72. The number of hydrogen-bond acceptors (Lipinski definition) is 3. The maximum absolute atomic E-state index is 10.3. The van der Waals surface area contributed by atoms with Gasteiger partial charge in [0.2, 0.25) is 0 Å². The van der Waals surface area contributed by atoms with E-state index in [0.29, 0.717) is 4.88 Å². The van der Waals surface area contributed by atoms with E-state index in [-0.39, 0.29) is 5.91 Å². The van der Waals surface area contributed by atoms with Gasteiger partial charge in [-0.05, 0) is 23.6 Å². The van der Waals surface area contributed by atoms with Crippen molar-refractivity contribution in [2.24, 2.45) is 5.73 Å². The number of benzene rings is 1. The van der Waals surface area contributed by atoms with Crippen LogP contribution in [0.5, 0.6) is 0 Å². The van der Waals surface area contributed by atoms with Crippen LogP contribution in [0.25, 0.3) is 0 Å². The van der Waals surface area contributed by atoms with Crippen LogP contribution in [0.1, 0.15) is 9.67 Å². The summed E-state index contributed by atoms with van der Waals surface area (Å²) < 4.78 is 0. The molecule has 1 aromatic carbocycles. The van der Waals surface area contributed by atoms with Crippen LogP contribution in [0.3, 0.4) is 0 Å². The van der Waals surface area contributed by atoms with Crippen molar-refractivity contribution in [1.29, 1.82) is 0 Å². The number of carbonyl (C=O) groups is 1. The summed E-state index contributed by atoms with van der Waals surface area (Å²) in [5.41, 5.74) is 11.1. The van der Waals surface area contributed by atoms with Gasteiger partial charge in [0, 0.05) is 5.69 Å². The molecule has 78 valence electrons. The minimum atomic E-state index is -0.347. The first kappa shape index (κ1) is 11.3. The van der Waals surface area contributed by atoms with Crippen LogP contribution < -0.4 is 11.5 Å². The summed E-state index contributed by atoms with van der Waals surface area (Å²) in [4.78, 5) is 10.9. The molecule has 0 atom stereocenters. The van der Waals surface area contributed by atoms with Crippen molar-refractivity contribution < 1.29 is 4.79 Å². The van der Waals surface area contributed by atoms with Crippen LogP contribution in [0.2, 0.25) is 0 Å². The molecule has 3 nitrogen and oxygen atoms in total. The lowest BCUT2D eigenvalue weighted by molar-refractivity contribution is 0.100. The molecule has 2 rings (SSSR count). The number of amides is 1.